The van der Waals surface area contributed by atoms with E-state index in [1.54, 1.807) is 45.4 Å². The molecule has 0 aliphatic rings. The largest absolute Gasteiger partial charge is 0.497 e. The number of hydrogen-bond donors (Lipinski definition) is 0. The quantitative estimate of drug-likeness (QED) is 0.470. The van der Waals surface area contributed by atoms with E-state index >= 15 is 0 Å². The Morgan fingerprint density at radius 1 is 0.968 bits per heavy atom. The summed E-state index contributed by atoms with van der Waals surface area (Å²) in [7, 11) is -0.505. The molecule has 3 rings (SSSR count). The summed E-state index contributed by atoms with van der Waals surface area (Å²) in [6.45, 7) is 1.66. The van der Waals surface area contributed by atoms with Gasteiger partial charge in [0.15, 0.2) is 9.84 Å². The van der Waals surface area contributed by atoms with Gasteiger partial charge >= 0.3 is 0 Å². The van der Waals surface area contributed by atoms with E-state index in [2.05, 4.69) is 4.98 Å². The normalized spacial score (nSPS) is 11.3. The number of ether oxygens (including phenoxy) is 2. The van der Waals surface area contributed by atoms with Crippen molar-refractivity contribution in [2.45, 2.75) is 25.5 Å². The summed E-state index contributed by atoms with van der Waals surface area (Å²) in [5.41, 5.74) is 1.97. The third kappa shape index (κ3) is 6.18. The summed E-state index contributed by atoms with van der Waals surface area (Å²) in [6.07, 6.45) is 0.628. The molecule has 0 saturated heterocycles. The Kier molecular flexibility index (Phi) is 7.12. The number of carbonyl (C=O) groups excluding carboxylic acids is 1. The van der Waals surface area contributed by atoms with Crippen molar-refractivity contribution < 1.29 is 27.1 Å². The minimum atomic E-state index is -3.66. The second-order valence-electron chi connectivity index (χ2n) is 7.17. The molecule has 164 valence electrons. The average molecular weight is 444 g/mol. The summed E-state index contributed by atoms with van der Waals surface area (Å²) in [5, 5.41) is 0. The molecule has 0 aliphatic carbocycles. The van der Waals surface area contributed by atoms with Crippen LogP contribution in [0.25, 0.3) is 11.5 Å². The Labute approximate surface area is 181 Å². The Morgan fingerprint density at radius 3 is 2.13 bits per heavy atom. The summed E-state index contributed by atoms with van der Waals surface area (Å²) >= 11 is 0. The molecule has 0 bridgehead atoms. The molecule has 0 fully saturated rings. The van der Waals surface area contributed by atoms with Gasteiger partial charge in [-0.3, -0.25) is 4.79 Å². The van der Waals surface area contributed by atoms with Crippen molar-refractivity contribution in [2.24, 2.45) is 0 Å². The zero-order valence-corrected chi connectivity index (χ0v) is 18.6. The van der Waals surface area contributed by atoms with Gasteiger partial charge in [0.1, 0.15) is 28.8 Å². The Balaban J connectivity index is 1.60. The van der Waals surface area contributed by atoms with E-state index in [-0.39, 0.29) is 18.0 Å². The van der Waals surface area contributed by atoms with Crippen LogP contribution in [0, 0.1) is 6.92 Å². The van der Waals surface area contributed by atoms with Gasteiger partial charge < -0.3 is 13.9 Å². The lowest BCUT2D eigenvalue weighted by atomic mass is 10.1. The van der Waals surface area contributed by atoms with Gasteiger partial charge in [-0.25, -0.2) is 13.4 Å². The molecule has 31 heavy (non-hydrogen) atoms. The maximum atomic E-state index is 12.6. The molecule has 1 aromatic heterocycles. The molecule has 0 amide bonds. The van der Waals surface area contributed by atoms with Crippen LogP contribution in [0.15, 0.2) is 52.9 Å². The van der Waals surface area contributed by atoms with Crippen LogP contribution in [0.2, 0.25) is 0 Å². The number of aromatic nitrogens is 1. The van der Waals surface area contributed by atoms with Gasteiger partial charge in [-0.2, -0.15) is 0 Å². The second-order valence-corrected chi connectivity index (χ2v) is 9.23. The van der Waals surface area contributed by atoms with Crippen LogP contribution < -0.4 is 9.47 Å². The van der Waals surface area contributed by atoms with E-state index < -0.39 is 15.6 Å². The first-order valence-corrected chi connectivity index (χ1v) is 11.6. The highest BCUT2D eigenvalue weighted by Crippen LogP contribution is 2.25. The number of sulfone groups is 1. The van der Waals surface area contributed by atoms with Crippen molar-refractivity contribution in [1.29, 1.82) is 0 Å². The van der Waals surface area contributed by atoms with Crippen molar-refractivity contribution in [3.63, 3.8) is 0 Å². The number of aryl methyl sites for hydroxylation is 2. The topological polar surface area (TPSA) is 95.7 Å². The van der Waals surface area contributed by atoms with E-state index in [0.29, 0.717) is 35.1 Å². The van der Waals surface area contributed by atoms with Crippen LogP contribution in [0.1, 0.15) is 23.4 Å². The summed E-state index contributed by atoms with van der Waals surface area (Å²) in [6, 6.07) is 14.4. The maximum absolute atomic E-state index is 12.6. The number of hydrogen-bond acceptors (Lipinski definition) is 7. The first-order valence-electron chi connectivity index (χ1n) is 9.75. The van der Waals surface area contributed by atoms with Crippen LogP contribution in [-0.2, 0) is 26.8 Å². The number of ketones is 1. The van der Waals surface area contributed by atoms with E-state index in [4.69, 9.17) is 13.9 Å². The Hall–Kier alpha value is -3.13. The number of benzene rings is 2. The van der Waals surface area contributed by atoms with Crippen molar-refractivity contribution in [3.8, 4) is 23.0 Å². The molecule has 0 saturated carbocycles. The fourth-order valence-corrected chi connectivity index (χ4v) is 4.49. The van der Waals surface area contributed by atoms with Crippen LogP contribution in [0.4, 0.5) is 0 Å². The standard InChI is InChI=1S/C23H25NO6S/c1-16-22(24-23(30-16)18-7-12-21(29-3)13-8-18)15-31(26,27)14-19(25)9-4-17-5-10-20(28-2)11-6-17/h5-8,10-13H,4,9,14-15H2,1-3H3. The number of rotatable bonds is 10. The van der Waals surface area contributed by atoms with Crippen molar-refractivity contribution in [3.05, 3.63) is 65.5 Å². The van der Waals surface area contributed by atoms with E-state index in [1.807, 2.05) is 24.3 Å². The first kappa shape index (κ1) is 22.6. The fraction of sp³-hybridized carbons (Fsp3) is 0.304. The molecule has 0 spiro atoms. The molecular formula is C23H25NO6S. The number of methoxy groups -OCH3 is 2. The van der Waals surface area contributed by atoms with Gasteiger partial charge in [0, 0.05) is 12.0 Å². The third-order valence-corrected chi connectivity index (χ3v) is 6.29. The van der Waals surface area contributed by atoms with Crippen molar-refractivity contribution in [2.75, 3.05) is 20.0 Å². The van der Waals surface area contributed by atoms with Crippen LogP contribution >= 0.6 is 0 Å². The molecule has 8 heteroatoms. The summed E-state index contributed by atoms with van der Waals surface area (Å²) < 4.78 is 41.0. The number of oxazole rings is 1. The summed E-state index contributed by atoms with van der Waals surface area (Å²) in [4.78, 5) is 16.6. The highest BCUT2D eigenvalue weighted by molar-refractivity contribution is 7.91. The third-order valence-electron chi connectivity index (χ3n) is 4.82. The van der Waals surface area contributed by atoms with E-state index in [0.717, 1.165) is 11.3 Å². The molecule has 2 aromatic carbocycles. The fourth-order valence-electron chi connectivity index (χ4n) is 3.07. The van der Waals surface area contributed by atoms with Crippen molar-refractivity contribution in [1.82, 2.24) is 4.98 Å². The van der Waals surface area contributed by atoms with Gasteiger partial charge in [-0.15, -0.1) is 0 Å². The second kappa shape index (κ2) is 9.78. The molecule has 0 unspecified atom stereocenters. The van der Waals surface area contributed by atoms with Crippen LogP contribution in [0.3, 0.4) is 0 Å². The predicted molar refractivity (Wildman–Crippen MR) is 117 cm³/mol. The molecule has 0 radical (unpaired) electrons. The predicted octanol–water partition coefficient (Wildman–Crippen LogP) is 3.78. The minimum absolute atomic E-state index is 0.153. The zero-order chi connectivity index (χ0) is 22.4. The number of nitrogens with zero attached hydrogens (tertiary/aromatic N) is 1. The van der Waals surface area contributed by atoms with Gasteiger partial charge in [-0.05, 0) is 55.3 Å². The lowest BCUT2D eigenvalue weighted by Crippen LogP contribution is -2.18. The highest BCUT2D eigenvalue weighted by atomic mass is 32.2. The molecular weight excluding hydrogens is 418 g/mol. The summed E-state index contributed by atoms with van der Waals surface area (Å²) in [5.74, 6) is 0.987. The maximum Gasteiger partial charge on any atom is 0.226 e. The van der Waals surface area contributed by atoms with Crippen LogP contribution in [-0.4, -0.2) is 39.2 Å². The monoisotopic (exact) mass is 443 g/mol. The van der Waals surface area contributed by atoms with E-state index in [9.17, 15) is 13.2 Å². The molecule has 0 N–H and O–H groups in total. The zero-order valence-electron chi connectivity index (χ0n) is 17.8. The highest BCUT2D eigenvalue weighted by Gasteiger charge is 2.22. The Morgan fingerprint density at radius 2 is 1.55 bits per heavy atom. The lowest BCUT2D eigenvalue weighted by Gasteiger charge is -2.04. The molecule has 0 atom stereocenters. The smallest absolute Gasteiger partial charge is 0.226 e. The minimum Gasteiger partial charge on any atom is -0.497 e. The van der Waals surface area contributed by atoms with Gasteiger partial charge in [0.25, 0.3) is 0 Å². The van der Waals surface area contributed by atoms with Gasteiger partial charge in [0.05, 0.1) is 25.7 Å². The molecule has 3 aromatic rings. The molecule has 7 nitrogen and oxygen atoms in total. The lowest BCUT2D eigenvalue weighted by molar-refractivity contribution is -0.116. The number of carbonyl (C=O) groups is 1. The SMILES string of the molecule is COc1ccc(CCC(=O)CS(=O)(=O)Cc2nc(-c3ccc(OC)cc3)oc2C)cc1. The molecule has 1 heterocycles. The van der Waals surface area contributed by atoms with Gasteiger partial charge in [0.2, 0.25) is 5.89 Å². The van der Waals surface area contributed by atoms with Crippen molar-refractivity contribution >= 4 is 15.6 Å². The van der Waals surface area contributed by atoms with Gasteiger partial charge in [-0.1, -0.05) is 12.1 Å². The van der Waals surface area contributed by atoms with Crippen LogP contribution in [0.5, 0.6) is 11.5 Å². The first-order chi connectivity index (χ1) is 14.8. The Bertz CT molecular complexity index is 1130. The molecule has 0 aliphatic heterocycles. The van der Waals surface area contributed by atoms with E-state index in [1.165, 1.54) is 0 Å². The number of Topliss-reactive ketones (excluding diaryl/α,β-unsaturated/α-hetero) is 1. The average Bonchev–Trinajstić information content (AvgIpc) is 3.11.